The third-order valence-corrected chi connectivity index (χ3v) is 9.13. The van der Waals surface area contributed by atoms with E-state index >= 15 is 0 Å². The molecule has 196 valence electrons. The van der Waals surface area contributed by atoms with E-state index < -0.39 is 12.2 Å². The van der Waals surface area contributed by atoms with Crippen LogP contribution >= 0.6 is 46.0 Å². The molecule has 2 N–H and O–H groups in total. The molecule has 2 rings (SSSR count). The minimum atomic E-state index is -0.660. The van der Waals surface area contributed by atoms with Gasteiger partial charge < -0.3 is 19.7 Å². The van der Waals surface area contributed by atoms with Crippen LogP contribution in [0.3, 0.4) is 0 Å². The summed E-state index contributed by atoms with van der Waals surface area (Å²) in [5.74, 6) is 3.72. The molecule has 0 aliphatic carbocycles. The molecule has 0 radical (unpaired) electrons. The fourth-order valence-corrected chi connectivity index (χ4v) is 5.86. The van der Waals surface area contributed by atoms with Crippen molar-refractivity contribution in [3.8, 4) is 5.75 Å². The topological polar surface area (TPSA) is 62.2 Å². The van der Waals surface area contributed by atoms with Crippen molar-refractivity contribution in [3.63, 3.8) is 0 Å². The van der Waals surface area contributed by atoms with Crippen LogP contribution in [0.2, 0.25) is 0 Å². The maximum atomic E-state index is 10.4. The number of ether oxygens (including phenoxy) is 2. The van der Waals surface area contributed by atoms with Crippen molar-refractivity contribution in [2.24, 2.45) is 5.92 Å². The first-order valence-corrected chi connectivity index (χ1v) is 15.2. The van der Waals surface area contributed by atoms with Gasteiger partial charge in [-0.05, 0) is 70.9 Å². The van der Waals surface area contributed by atoms with E-state index in [-0.39, 0.29) is 24.0 Å². The van der Waals surface area contributed by atoms with Crippen molar-refractivity contribution in [3.05, 3.63) is 27.3 Å². The molecule has 0 saturated carbocycles. The van der Waals surface area contributed by atoms with Crippen LogP contribution < -0.4 is 4.74 Å². The zero-order valence-electron chi connectivity index (χ0n) is 21.1. The summed E-state index contributed by atoms with van der Waals surface area (Å²) >= 11 is 9.94. The number of aliphatic hydroxyl groups excluding tert-OH is 2. The van der Waals surface area contributed by atoms with Gasteiger partial charge in [0.1, 0.15) is 18.5 Å². The number of hydrogen-bond acceptors (Lipinski definition) is 6. The second-order valence-electron chi connectivity index (χ2n) is 9.89. The summed E-state index contributed by atoms with van der Waals surface area (Å²) in [6.07, 6.45) is 2.10. The first-order valence-electron chi connectivity index (χ1n) is 12.4. The van der Waals surface area contributed by atoms with Gasteiger partial charge in [0.2, 0.25) is 0 Å². The Morgan fingerprint density at radius 1 is 1.15 bits per heavy atom. The van der Waals surface area contributed by atoms with E-state index in [2.05, 4.69) is 67.3 Å². The Hall–Kier alpha value is 0.230. The van der Waals surface area contributed by atoms with Crippen LogP contribution in [0.1, 0.15) is 52.5 Å². The lowest BCUT2D eigenvalue weighted by atomic mass is 9.72. The SMILES string of the molecule is CCC(CCC(C)C(C)(C)c1ccc(OC[C@@H](O)CCl)c(I)c1)OC[C@@H](O)CN1CCSCC1. The molecule has 8 heteroatoms. The predicted octanol–water partition coefficient (Wildman–Crippen LogP) is 5.17. The smallest absolute Gasteiger partial charge is 0.132 e. The molecule has 1 aromatic carbocycles. The summed E-state index contributed by atoms with van der Waals surface area (Å²) < 4.78 is 12.9. The van der Waals surface area contributed by atoms with Crippen molar-refractivity contribution in [2.75, 3.05) is 50.2 Å². The van der Waals surface area contributed by atoms with Crippen LogP contribution in [0.5, 0.6) is 5.75 Å². The zero-order chi connectivity index (χ0) is 25.1. The second kappa shape index (κ2) is 15.5. The van der Waals surface area contributed by atoms with E-state index in [0.29, 0.717) is 19.1 Å². The number of β-amino-alcohol motifs (C(OH)–C–C–N with tert-alkyl or cyclic N) is 1. The van der Waals surface area contributed by atoms with E-state index in [1.54, 1.807) is 0 Å². The molecular weight excluding hydrogens is 585 g/mol. The van der Waals surface area contributed by atoms with Crippen LogP contribution in [0.4, 0.5) is 0 Å². The Balaban J connectivity index is 1.83. The summed E-state index contributed by atoms with van der Waals surface area (Å²) in [5.41, 5.74) is 1.27. The highest BCUT2D eigenvalue weighted by Crippen LogP contribution is 2.37. The molecule has 0 spiro atoms. The van der Waals surface area contributed by atoms with E-state index in [1.807, 2.05) is 17.8 Å². The molecule has 1 saturated heterocycles. The molecular formula is C26H43ClINO4S. The standard InChI is InChI=1S/C26H43ClINO4S/c1-5-23(32-18-22(31)16-29-10-12-34-13-11-29)8-6-19(2)26(3,4)20-7-9-25(24(28)14-20)33-17-21(30)15-27/h7,9,14,19,21-23,30-31H,5-6,8,10-13,15-18H2,1-4H3/t19?,21-,22-,23?/m0/s1. The van der Waals surface area contributed by atoms with Crippen LogP contribution in [-0.4, -0.2) is 83.7 Å². The number of aliphatic hydroxyl groups is 2. The van der Waals surface area contributed by atoms with Crippen molar-refractivity contribution in [2.45, 2.75) is 70.7 Å². The number of thioether (sulfide) groups is 1. The van der Waals surface area contributed by atoms with Crippen LogP contribution in [0.15, 0.2) is 18.2 Å². The first kappa shape index (κ1) is 30.5. The molecule has 34 heavy (non-hydrogen) atoms. The molecule has 0 aromatic heterocycles. The lowest BCUT2D eigenvalue weighted by molar-refractivity contribution is -0.0267. The normalized spacial score (nSPS) is 18.9. The molecule has 0 bridgehead atoms. The largest absolute Gasteiger partial charge is 0.490 e. The van der Waals surface area contributed by atoms with Gasteiger partial charge in [0.05, 0.1) is 28.3 Å². The van der Waals surface area contributed by atoms with Crippen LogP contribution in [-0.2, 0) is 10.2 Å². The third kappa shape index (κ3) is 9.94. The van der Waals surface area contributed by atoms with Crippen molar-refractivity contribution >= 4 is 46.0 Å². The fourth-order valence-electron chi connectivity index (χ4n) is 4.12. The molecule has 1 heterocycles. The maximum absolute atomic E-state index is 10.4. The molecule has 1 aromatic rings. The van der Waals surface area contributed by atoms with Crippen molar-refractivity contribution in [1.82, 2.24) is 4.90 Å². The Bertz CT molecular complexity index is 720. The van der Waals surface area contributed by atoms with E-state index in [9.17, 15) is 10.2 Å². The van der Waals surface area contributed by atoms with E-state index in [4.69, 9.17) is 21.1 Å². The average Bonchev–Trinajstić information content (AvgIpc) is 2.83. The fraction of sp³-hybridized carbons (Fsp3) is 0.769. The molecule has 2 unspecified atom stereocenters. The van der Waals surface area contributed by atoms with E-state index in [1.165, 1.54) is 5.56 Å². The van der Waals surface area contributed by atoms with Gasteiger partial charge in [0, 0.05) is 31.1 Å². The average molecular weight is 628 g/mol. The molecule has 0 amide bonds. The minimum Gasteiger partial charge on any atom is -0.490 e. The van der Waals surface area contributed by atoms with Gasteiger partial charge in [0.25, 0.3) is 0 Å². The lowest BCUT2D eigenvalue weighted by Crippen LogP contribution is -2.40. The van der Waals surface area contributed by atoms with Gasteiger partial charge in [-0.15, -0.1) is 11.6 Å². The Kier molecular flexibility index (Phi) is 13.9. The quantitative estimate of drug-likeness (QED) is 0.207. The van der Waals surface area contributed by atoms with Gasteiger partial charge in [0.15, 0.2) is 0 Å². The molecule has 1 fully saturated rings. The molecule has 5 nitrogen and oxygen atoms in total. The summed E-state index contributed by atoms with van der Waals surface area (Å²) in [6.45, 7) is 12.5. The number of halogens is 2. The highest BCUT2D eigenvalue weighted by molar-refractivity contribution is 14.1. The lowest BCUT2D eigenvalue weighted by Gasteiger charge is -2.34. The number of alkyl halides is 1. The maximum Gasteiger partial charge on any atom is 0.132 e. The van der Waals surface area contributed by atoms with Crippen LogP contribution in [0.25, 0.3) is 0 Å². The Morgan fingerprint density at radius 3 is 2.47 bits per heavy atom. The third-order valence-electron chi connectivity index (χ3n) is 6.99. The predicted molar refractivity (Wildman–Crippen MR) is 153 cm³/mol. The monoisotopic (exact) mass is 627 g/mol. The van der Waals surface area contributed by atoms with Gasteiger partial charge in [-0.2, -0.15) is 11.8 Å². The number of hydrogen-bond donors (Lipinski definition) is 2. The molecule has 1 aliphatic rings. The van der Waals surface area contributed by atoms with Gasteiger partial charge in [-0.1, -0.05) is 33.8 Å². The van der Waals surface area contributed by atoms with E-state index in [0.717, 1.165) is 53.2 Å². The van der Waals surface area contributed by atoms with Crippen LogP contribution in [0, 0.1) is 9.49 Å². The second-order valence-corrected chi connectivity index (χ2v) is 12.6. The highest BCUT2D eigenvalue weighted by atomic mass is 127. The highest BCUT2D eigenvalue weighted by Gasteiger charge is 2.29. The number of benzene rings is 1. The van der Waals surface area contributed by atoms with Gasteiger partial charge >= 0.3 is 0 Å². The first-order chi connectivity index (χ1) is 16.2. The van der Waals surface area contributed by atoms with Crippen molar-refractivity contribution in [1.29, 1.82) is 0 Å². The molecule has 1 aliphatic heterocycles. The summed E-state index contributed by atoms with van der Waals surface area (Å²) in [4.78, 5) is 2.34. The van der Waals surface area contributed by atoms with Gasteiger partial charge in [-0.25, -0.2) is 0 Å². The Morgan fingerprint density at radius 2 is 1.85 bits per heavy atom. The summed E-state index contributed by atoms with van der Waals surface area (Å²) in [6, 6.07) is 6.31. The summed E-state index contributed by atoms with van der Waals surface area (Å²) in [7, 11) is 0. The number of rotatable bonds is 15. The molecule has 4 atom stereocenters. The zero-order valence-corrected chi connectivity index (χ0v) is 24.9. The summed E-state index contributed by atoms with van der Waals surface area (Å²) in [5, 5.41) is 20.1. The number of nitrogens with zero attached hydrogens (tertiary/aromatic N) is 1. The minimum absolute atomic E-state index is 0.00180. The van der Waals surface area contributed by atoms with Crippen molar-refractivity contribution < 1.29 is 19.7 Å². The Labute approximate surface area is 229 Å². The van der Waals surface area contributed by atoms with Gasteiger partial charge in [-0.3, -0.25) is 4.90 Å².